The third-order valence-corrected chi connectivity index (χ3v) is 4.25. The minimum atomic E-state index is -0.266. The van der Waals surface area contributed by atoms with Crippen molar-refractivity contribution in [3.8, 4) is 0 Å². The maximum absolute atomic E-state index is 12.5. The highest BCUT2D eigenvalue weighted by Crippen LogP contribution is 2.32. The number of carbonyl (C=O) groups is 2. The first-order valence-corrected chi connectivity index (χ1v) is 7.55. The van der Waals surface area contributed by atoms with Crippen molar-refractivity contribution in [1.29, 1.82) is 0 Å². The fraction of sp³-hybridized carbons (Fsp3) is 0.158. The number of nitrogens with one attached hydrogen (secondary N) is 1. The Morgan fingerprint density at radius 1 is 0.957 bits per heavy atom. The number of carbonyl (C=O) groups excluding carboxylic acids is 2. The maximum Gasteiger partial charge on any atom is 0.203 e. The van der Waals surface area contributed by atoms with Crippen molar-refractivity contribution < 1.29 is 14.3 Å². The molecule has 2 aromatic carbocycles. The molecule has 1 saturated heterocycles. The molecule has 2 aliphatic rings. The van der Waals surface area contributed by atoms with E-state index in [1.54, 1.807) is 24.3 Å². The average molecular weight is 305 g/mol. The monoisotopic (exact) mass is 305 g/mol. The Hall–Kier alpha value is -2.88. The zero-order valence-electron chi connectivity index (χ0n) is 12.6. The van der Waals surface area contributed by atoms with Gasteiger partial charge in [0.05, 0.1) is 6.54 Å². The van der Waals surface area contributed by atoms with Gasteiger partial charge in [-0.25, -0.2) is 0 Å². The van der Waals surface area contributed by atoms with Gasteiger partial charge in [-0.1, -0.05) is 54.1 Å². The number of allylic oxidation sites excluding steroid dienone is 1. The first-order valence-electron chi connectivity index (χ1n) is 7.55. The molecule has 1 aliphatic heterocycles. The van der Waals surface area contributed by atoms with E-state index in [4.69, 9.17) is 4.74 Å². The highest BCUT2D eigenvalue weighted by atomic mass is 16.5. The molecule has 0 amide bonds. The molecule has 4 rings (SSSR count). The van der Waals surface area contributed by atoms with Crippen LogP contribution in [0, 0.1) is 6.92 Å². The third kappa shape index (κ3) is 2.14. The minimum Gasteiger partial charge on any atom is -0.468 e. The summed E-state index contributed by atoms with van der Waals surface area (Å²) in [7, 11) is 0. The van der Waals surface area contributed by atoms with Crippen LogP contribution in [0.3, 0.4) is 0 Å². The molecule has 0 radical (unpaired) electrons. The zero-order valence-corrected chi connectivity index (χ0v) is 12.6. The summed E-state index contributed by atoms with van der Waals surface area (Å²) in [5, 5.41) is 3.07. The Morgan fingerprint density at radius 2 is 1.57 bits per heavy atom. The predicted molar refractivity (Wildman–Crippen MR) is 85.1 cm³/mol. The van der Waals surface area contributed by atoms with E-state index in [2.05, 4.69) is 5.32 Å². The van der Waals surface area contributed by atoms with Crippen molar-refractivity contribution in [1.82, 2.24) is 5.32 Å². The maximum atomic E-state index is 12.5. The summed E-state index contributed by atoms with van der Waals surface area (Å²) in [5.74, 6) is -0.239. The Balaban J connectivity index is 1.67. The van der Waals surface area contributed by atoms with Crippen molar-refractivity contribution in [2.24, 2.45) is 0 Å². The van der Waals surface area contributed by atoms with E-state index in [0.717, 1.165) is 5.56 Å². The Morgan fingerprint density at radius 3 is 2.17 bits per heavy atom. The highest BCUT2D eigenvalue weighted by molar-refractivity contribution is 6.39. The summed E-state index contributed by atoms with van der Waals surface area (Å²) < 4.78 is 5.87. The van der Waals surface area contributed by atoms with E-state index in [9.17, 15) is 9.59 Å². The Labute approximate surface area is 133 Å². The van der Waals surface area contributed by atoms with Crippen molar-refractivity contribution >= 4 is 11.6 Å². The van der Waals surface area contributed by atoms with Crippen LogP contribution in [0.4, 0.5) is 0 Å². The van der Waals surface area contributed by atoms with Gasteiger partial charge in [0.1, 0.15) is 11.7 Å². The van der Waals surface area contributed by atoms with Gasteiger partial charge < -0.3 is 10.1 Å². The number of ketones is 2. The molecule has 1 fully saturated rings. The van der Waals surface area contributed by atoms with Crippen molar-refractivity contribution in [3.63, 3.8) is 0 Å². The second-order valence-corrected chi connectivity index (χ2v) is 5.81. The Kier molecular flexibility index (Phi) is 3.05. The lowest BCUT2D eigenvalue weighted by molar-refractivity contribution is 0.0965. The van der Waals surface area contributed by atoms with Crippen molar-refractivity contribution in [2.75, 3.05) is 6.54 Å². The van der Waals surface area contributed by atoms with E-state index in [1.165, 1.54) is 5.56 Å². The van der Waals surface area contributed by atoms with Crippen LogP contribution in [0.5, 0.6) is 0 Å². The van der Waals surface area contributed by atoms with Crippen molar-refractivity contribution in [2.45, 2.75) is 13.0 Å². The number of hydrogen-bond acceptors (Lipinski definition) is 4. The van der Waals surface area contributed by atoms with Crippen molar-refractivity contribution in [3.05, 3.63) is 82.2 Å². The van der Waals surface area contributed by atoms with E-state index in [-0.39, 0.29) is 23.2 Å². The summed E-state index contributed by atoms with van der Waals surface area (Å²) in [4.78, 5) is 25.0. The van der Waals surface area contributed by atoms with Gasteiger partial charge in [0, 0.05) is 11.1 Å². The Bertz CT molecular complexity index is 812. The van der Waals surface area contributed by atoms with Gasteiger partial charge in [-0.3, -0.25) is 9.59 Å². The van der Waals surface area contributed by atoms with Gasteiger partial charge in [0.25, 0.3) is 0 Å². The standard InChI is InChI=1S/C19H15NO3/c1-11-6-8-12(9-7-11)15-10-20-19(23-15)16-17(21)13-4-2-3-5-14(13)18(16)22/h2-9,15,20H,10H2,1H3. The van der Waals surface area contributed by atoms with Crippen LogP contribution in [0.1, 0.15) is 37.9 Å². The second-order valence-electron chi connectivity index (χ2n) is 5.81. The fourth-order valence-electron chi connectivity index (χ4n) is 2.98. The fourth-order valence-corrected chi connectivity index (χ4v) is 2.98. The molecule has 1 atom stereocenters. The summed E-state index contributed by atoms with van der Waals surface area (Å²) >= 11 is 0. The normalized spacial score (nSPS) is 19.6. The molecule has 0 saturated carbocycles. The quantitative estimate of drug-likeness (QED) is 0.650. The van der Waals surface area contributed by atoms with Gasteiger partial charge in [0.15, 0.2) is 0 Å². The molecule has 4 nitrogen and oxygen atoms in total. The molecule has 0 spiro atoms. The summed E-state index contributed by atoms with van der Waals surface area (Å²) in [6.07, 6.45) is -0.192. The van der Waals surface area contributed by atoms with Crippen LogP contribution in [-0.2, 0) is 4.74 Å². The minimum absolute atomic E-state index is 0.112. The number of Topliss-reactive ketones (excluding diaryl/α,β-unsaturated/α-hetero) is 2. The average Bonchev–Trinajstić information content (AvgIpc) is 3.13. The predicted octanol–water partition coefficient (Wildman–Crippen LogP) is 2.95. The molecule has 114 valence electrons. The van der Waals surface area contributed by atoms with Crippen LogP contribution < -0.4 is 5.32 Å². The molecule has 1 heterocycles. The van der Waals surface area contributed by atoms with Crippen LogP contribution in [0.2, 0.25) is 0 Å². The lowest BCUT2D eigenvalue weighted by Crippen LogP contribution is -2.14. The van der Waals surface area contributed by atoms with Crippen LogP contribution in [-0.4, -0.2) is 18.1 Å². The lowest BCUT2D eigenvalue weighted by Gasteiger charge is -2.10. The third-order valence-electron chi connectivity index (χ3n) is 4.25. The topological polar surface area (TPSA) is 55.4 Å². The number of hydrogen-bond donors (Lipinski definition) is 1. The number of ether oxygens (including phenoxy) is 1. The lowest BCUT2D eigenvalue weighted by atomic mass is 10.1. The molecule has 1 aliphatic carbocycles. The molecular formula is C19H15NO3. The van der Waals surface area contributed by atoms with Crippen LogP contribution in [0.25, 0.3) is 0 Å². The van der Waals surface area contributed by atoms with Gasteiger partial charge in [-0.15, -0.1) is 0 Å². The highest BCUT2D eigenvalue weighted by Gasteiger charge is 2.38. The summed E-state index contributed by atoms with van der Waals surface area (Å²) in [6.45, 7) is 2.57. The molecule has 2 aromatic rings. The zero-order chi connectivity index (χ0) is 16.0. The van der Waals surface area contributed by atoms with E-state index < -0.39 is 0 Å². The first-order chi connectivity index (χ1) is 11.1. The van der Waals surface area contributed by atoms with E-state index in [0.29, 0.717) is 23.6 Å². The van der Waals surface area contributed by atoms with Gasteiger partial charge in [-0.2, -0.15) is 0 Å². The largest absolute Gasteiger partial charge is 0.468 e. The first kappa shape index (κ1) is 13.8. The molecule has 0 bridgehead atoms. The SMILES string of the molecule is Cc1ccc(C2CNC(=C3C(=O)c4ccccc4C3=O)O2)cc1. The van der Waals surface area contributed by atoms with Gasteiger partial charge in [-0.05, 0) is 12.5 Å². The second kappa shape index (κ2) is 5.09. The summed E-state index contributed by atoms with van der Waals surface area (Å²) in [5.41, 5.74) is 3.21. The van der Waals surface area contributed by atoms with Crippen LogP contribution in [0.15, 0.2) is 60.0 Å². The van der Waals surface area contributed by atoms with Gasteiger partial charge >= 0.3 is 0 Å². The number of rotatable bonds is 1. The van der Waals surface area contributed by atoms with E-state index >= 15 is 0 Å². The molecule has 1 N–H and O–H groups in total. The molecule has 1 unspecified atom stereocenters. The summed E-state index contributed by atoms with van der Waals surface area (Å²) in [6, 6.07) is 14.9. The molecule has 23 heavy (non-hydrogen) atoms. The molecule has 4 heteroatoms. The van der Waals surface area contributed by atoms with E-state index in [1.807, 2.05) is 31.2 Å². The molecule has 0 aromatic heterocycles. The smallest absolute Gasteiger partial charge is 0.203 e. The van der Waals surface area contributed by atoms with Gasteiger partial charge in [0.2, 0.25) is 17.4 Å². The van der Waals surface area contributed by atoms with Crippen LogP contribution >= 0.6 is 0 Å². The number of aryl methyl sites for hydroxylation is 1. The molecular weight excluding hydrogens is 290 g/mol. The number of benzene rings is 2. The number of fused-ring (bicyclic) bond motifs is 1.